The fourth-order valence-corrected chi connectivity index (χ4v) is 3.74. The number of pyridine rings is 1. The van der Waals surface area contributed by atoms with Crippen molar-refractivity contribution in [3.05, 3.63) is 48.3 Å². The van der Waals surface area contributed by atoms with Gasteiger partial charge in [0.05, 0.1) is 10.9 Å². The number of fused-ring (bicyclic) bond motifs is 1. The molecule has 2 aromatic heterocycles. The first-order valence-corrected chi connectivity index (χ1v) is 8.88. The van der Waals surface area contributed by atoms with Crippen molar-refractivity contribution in [2.24, 2.45) is 0 Å². The first-order chi connectivity index (χ1) is 11.4. The zero-order valence-electron chi connectivity index (χ0n) is 12.9. The zero-order valence-corrected chi connectivity index (χ0v) is 13.8. The molecule has 3 heterocycles. The summed E-state index contributed by atoms with van der Waals surface area (Å²) in [5.74, 6) is 0.833. The first kappa shape index (κ1) is 14.6. The molecule has 0 saturated carbocycles. The molecule has 3 aromatic rings. The number of hydrogen-bond donors (Lipinski definition) is 0. The molecule has 23 heavy (non-hydrogen) atoms. The van der Waals surface area contributed by atoms with E-state index in [0.29, 0.717) is 5.19 Å². The Kier molecular flexibility index (Phi) is 4.22. The molecule has 0 amide bonds. The number of ether oxygens (including phenoxy) is 1. The predicted octanol–water partition coefficient (Wildman–Crippen LogP) is 4.47. The molecule has 0 spiro atoms. The van der Waals surface area contributed by atoms with Gasteiger partial charge in [-0.25, -0.2) is 4.98 Å². The molecule has 1 saturated heterocycles. The largest absolute Gasteiger partial charge is 0.431 e. The van der Waals surface area contributed by atoms with Crippen LogP contribution in [0, 0.1) is 0 Å². The number of thiazole rings is 1. The van der Waals surface area contributed by atoms with Crippen LogP contribution in [-0.2, 0) is 6.54 Å². The highest BCUT2D eigenvalue weighted by atomic mass is 32.1. The molecule has 4 rings (SSSR count). The van der Waals surface area contributed by atoms with E-state index in [0.717, 1.165) is 22.5 Å². The van der Waals surface area contributed by atoms with Crippen molar-refractivity contribution in [1.82, 2.24) is 14.9 Å². The van der Waals surface area contributed by atoms with Crippen LogP contribution in [-0.4, -0.2) is 28.0 Å². The Labute approximate surface area is 139 Å². The maximum Gasteiger partial charge on any atom is 0.279 e. The van der Waals surface area contributed by atoms with Crippen LogP contribution < -0.4 is 4.74 Å². The third-order valence-corrected chi connectivity index (χ3v) is 5.07. The highest BCUT2D eigenvalue weighted by Crippen LogP contribution is 2.30. The van der Waals surface area contributed by atoms with Gasteiger partial charge in [0, 0.05) is 12.7 Å². The van der Waals surface area contributed by atoms with Gasteiger partial charge >= 0.3 is 0 Å². The fourth-order valence-electron chi connectivity index (χ4n) is 2.94. The van der Waals surface area contributed by atoms with Crippen LogP contribution in [0.4, 0.5) is 0 Å². The number of hydrogen-bond acceptors (Lipinski definition) is 5. The molecule has 5 heteroatoms. The van der Waals surface area contributed by atoms with Crippen molar-refractivity contribution >= 4 is 21.6 Å². The lowest BCUT2D eigenvalue weighted by atomic mass is 10.1. The number of rotatable bonds is 4. The van der Waals surface area contributed by atoms with Crippen LogP contribution in [0.2, 0.25) is 0 Å². The lowest BCUT2D eigenvalue weighted by Gasteiger charge is -2.26. The fraction of sp³-hybridized carbons (Fsp3) is 0.333. The maximum atomic E-state index is 5.87. The minimum Gasteiger partial charge on any atom is -0.431 e. The van der Waals surface area contributed by atoms with Gasteiger partial charge in [0.2, 0.25) is 0 Å². The van der Waals surface area contributed by atoms with Gasteiger partial charge in [-0.15, -0.1) is 0 Å². The van der Waals surface area contributed by atoms with E-state index in [4.69, 9.17) is 4.74 Å². The molecular weight excluding hydrogens is 306 g/mol. The van der Waals surface area contributed by atoms with Gasteiger partial charge in [-0.1, -0.05) is 29.9 Å². The van der Waals surface area contributed by atoms with Crippen LogP contribution >= 0.6 is 11.3 Å². The Balaban J connectivity index is 1.43. The average Bonchev–Trinajstić information content (AvgIpc) is 3.00. The molecule has 1 fully saturated rings. The van der Waals surface area contributed by atoms with E-state index in [9.17, 15) is 0 Å². The molecule has 0 bridgehead atoms. The summed E-state index contributed by atoms with van der Waals surface area (Å²) in [4.78, 5) is 11.1. The summed E-state index contributed by atoms with van der Waals surface area (Å²) in [6, 6.07) is 10.3. The van der Waals surface area contributed by atoms with Crippen LogP contribution in [0.3, 0.4) is 0 Å². The highest BCUT2D eigenvalue weighted by Gasteiger charge is 2.11. The molecule has 0 unspecified atom stereocenters. The second-order valence-electron chi connectivity index (χ2n) is 5.91. The molecule has 4 nitrogen and oxygen atoms in total. The molecule has 1 aliphatic rings. The van der Waals surface area contributed by atoms with Gasteiger partial charge < -0.3 is 4.74 Å². The third-order valence-electron chi connectivity index (χ3n) is 4.15. The van der Waals surface area contributed by atoms with Gasteiger partial charge in [-0.2, -0.15) is 0 Å². The number of benzene rings is 1. The van der Waals surface area contributed by atoms with Crippen LogP contribution in [0.1, 0.15) is 24.8 Å². The quantitative estimate of drug-likeness (QED) is 0.709. The summed E-state index contributed by atoms with van der Waals surface area (Å²) in [7, 11) is 0. The standard InChI is InChI=1S/C18H19N3OS/c1-2-10-21(11-3-1)13-14-4-6-15(7-5-14)22-18-20-16-12-19-9-8-17(16)23-18/h4-9,12H,1-3,10-11,13H2. The summed E-state index contributed by atoms with van der Waals surface area (Å²) in [5, 5.41) is 0.664. The lowest BCUT2D eigenvalue weighted by Crippen LogP contribution is -2.28. The van der Waals surface area contributed by atoms with Crippen LogP contribution in [0.5, 0.6) is 10.9 Å². The normalized spacial score (nSPS) is 15.8. The molecular formula is C18H19N3OS. The monoisotopic (exact) mass is 325 g/mol. The summed E-state index contributed by atoms with van der Waals surface area (Å²) in [5.41, 5.74) is 2.22. The van der Waals surface area contributed by atoms with E-state index < -0.39 is 0 Å². The van der Waals surface area contributed by atoms with Crippen molar-refractivity contribution in [1.29, 1.82) is 0 Å². The Hall–Kier alpha value is -1.98. The maximum absolute atomic E-state index is 5.87. The number of likely N-dealkylation sites (tertiary alicyclic amines) is 1. The predicted molar refractivity (Wildman–Crippen MR) is 93.1 cm³/mol. The van der Waals surface area contributed by atoms with Gasteiger partial charge in [0.1, 0.15) is 11.3 Å². The lowest BCUT2D eigenvalue weighted by molar-refractivity contribution is 0.221. The first-order valence-electron chi connectivity index (χ1n) is 8.06. The molecule has 118 valence electrons. The van der Waals surface area contributed by atoms with E-state index in [2.05, 4.69) is 27.0 Å². The van der Waals surface area contributed by atoms with E-state index >= 15 is 0 Å². The van der Waals surface area contributed by atoms with Crippen molar-refractivity contribution < 1.29 is 4.74 Å². The van der Waals surface area contributed by atoms with Crippen LogP contribution in [0.25, 0.3) is 10.2 Å². The van der Waals surface area contributed by atoms with Gasteiger partial charge in [-0.05, 0) is 49.7 Å². The Bertz CT molecular complexity index is 745. The van der Waals surface area contributed by atoms with Crippen LogP contribution in [0.15, 0.2) is 42.7 Å². The minimum absolute atomic E-state index is 0.664. The van der Waals surface area contributed by atoms with Crippen molar-refractivity contribution in [3.8, 4) is 10.9 Å². The molecule has 0 radical (unpaired) electrons. The smallest absolute Gasteiger partial charge is 0.279 e. The van der Waals surface area contributed by atoms with Crippen molar-refractivity contribution in [2.45, 2.75) is 25.8 Å². The highest BCUT2D eigenvalue weighted by molar-refractivity contribution is 7.20. The van der Waals surface area contributed by atoms with Crippen molar-refractivity contribution in [3.63, 3.8) is 0 Å². The molecule has 0 N–H and O–H groups in total. The van der Waals surface area contributed by atoms with E-state index in [1.807, 2.05) is 18.2 Å². The van der Waals surface area contributed by atoms with E-state index in [1.54, 1.807) is 23.7 Å². The molecule has 1 aromatic carbocycles. The third kappa shape index (κ3) is 3.51. The average molecular weight is 325 g/mol. The van der Waals surface area contributed by atoms with Crippen molar-refractivity contribution in [2.75, 3.05) is 13.1 Å². The van der Waals surface area contributed by atoms with E-state index in [-0.39, 0.29) is 0 Å². The Morgan fingerprint density at radius 2 is 1.87 bits per heavy atom. The van der Waals surface area contributed by atoms with Gasteiger partial charge in [-0.3, -0.25) is 9.88 Å². The van der Waals surface area contributed by atoms with Gasteiger partial charge in [0.25, 0.3) is 5.19 Å². The molecule has 0 aliphatic carbocycles. The summed E-state index contributed by atoms with van der Waals surface area (Å²) >= 11 is 1.54. The minimum atomic E-state index is 0.664. The summed E-state index contributed by atoms with van der Waals surface area (Å²) < 4.78 is 6.97. The zero-order chi connectivity index (χ0) is 15.5. The number of nitrogens with zero attached hydrogens (tertiary/aromatic N) is 3. The number of piperidine rings is 1. The molecule has 0 atom stereocenters. The topological polar surface area (TPSA) is 38.2 Å². The Morgan fingerprint density at radius 3 is 2.65 bits per heavy atom. The summed E-state index contributed by atoms with van der Waals surface area (Å²) in [6.45, 7) is 3.48. The van der Waals surface area contributed by atoms with Gasteiger partial charge in [0.15, 0.2) is 0 Å². The number of aromatic nitrogens is 2. The second-order valence-corrected chi connectivity index (χ2v) is 6.90. The Morgan fingerprint density at radius 1 is 1.04 bits per heavy atom. The SMILES string of the molecule is c1cc2sc(Oc3ccc(CN4CCCCC4)cc3)nc2cn1. The summed E-state index contributed by atoms with van der Waals surface area (Å²) in [6.07, 6.45) is 7.57. The van der Waals surface area contributed by atoms with E-state index in [1.165, 1.54) is 37.9 Å². The second kappa shape index (κ2) is 6.64. The molecule has 1 aliphatic heterocycles.